The first-order valence-corrected chi connectivity index (χ1v) is 7.11. The number of piperazine rings is 1. The second-order valence-electron chi connectivity index (χ2n) is 5.38. The van der Waals surface area contributed by atoms with Crippen molar-refractivity contribution in [2.45, 2.75) is 6.42 Å². The third kappa shape index (κ3) is 2.67. The summed E-state index contributed by atoms with van der Waals surface area (Å²) in [4.78, 5) is 20.8. The van der Waals surface area contributed by atoms with Crippen LogP contribution in [0, 0.1) is 0 Å². The highest BCUT2D eigenvalue weighted by molar-refractivity contribution is 6.00. The zero-order valence-electron chi connectivity index (χ0n) is 11.8. The molecule has 3 rings (SSSR count). The molecule has 5 heteroatoms. The van der Waals surface area contributed by atoms with Gasteiger partial charge in [-0.25, -0.2) is 4.98 Å². The van der Waals surface area contributed by atoms with E-state index in [-0.39, 0.29) is 5.91 Å². The SMILES string of the molecule is CN1CCN(c2ncccc2/C=C2\CCNC2=O)CC1. The van der Waals surface area contributed by atoms with Crippen LogP contribution in [0.5, 0.6) is 0 Å². The van der Waals surface area contributed by atoms with Crippen LogP contribution in [-0.2, 0) is 4.79 Å². The molecule has 2 fully saturated rings. The Morgan fingerprint density at radius 3 is 2.80 bits per heavy atom. The molecule has 0 aromatic carbocycles. The largest absolute Gasteiger partial charge is 0.354 e. The van der Waals surface area contributed by atoms with Gasteiger partial charge in [0.2, 0.25) is 5.91 Å². The van der Waals surface area contributed by atoms with Gasteiger partial charge >= 0.3 is 0 Å². The standard InChI is InChI=1S/C15H20N4O/c1-18-7-9-19(10-8-18)14-12(3-2-5-16-14)11-13-4-6-17-15(13)20/h2-3,5,11H,4,6-10H2,1H3,(H,17,20)/b13-11+. The summed E-state index contributed by atoms with van der Waals surface area (Å²) < 4.78 is 0. The smallest absolute Gasteiger partial charge is 0.247 e. The molecule has 1 N–H and O–H groups in total. The van der Waals surface area contributed by atoms with E-state index in [1.165, 1.54) is 0 Å². The number of rotatable bonds is 2. The van der Waals surface area contributed by atoms with Crippen LogP contribution in [0.2, 0.25) is 0 Å². The predicted octanol–water partition coefficient (Wildman–Crippen LogP) is 0.737. The second kappa shape index (κ2) is 5.63. The molecule has 0 spiro atoms. The number of carbonyl (C=O) groups is 1. The number of nitrogens with one attached hydrogen (secondary N) is 1. The van der Waals surface area contributed by atoms with Crippen LogP contribution >= 0.6 is 0 Å². The summed E-state index contributed by atoms with van der Waals surface area (Å²) in [6.07, 6.45) is 4.61. The van der Waals surface area contributed by atoms with Crippen LogP contribution in [0.25, 0.3) is 6.08 Å². The summed E-state index contributed by atoms with van der Waals surface area (Å²) in [6, 6.07) is 3.97. The van der Waals surface area contributed by atoms with Crippen molar-refractivity contribution in [1.82, 2.24) is 15.2 Å². The van der Waals surface area contributed by atoms with Gasteiger partial charge in [-0.1, -0.05) is 0 Å². The van der Waals surface area contributed by atoms with Gasteiger partial charge in [0.25, 0.3) is 0 Å². The van der Waals surface area contributed by atoms with Crippen molar-refractivity contribution < 1.29 is 4.79 Å². The first kappa shape index (κ1) is 13.1. The summed E-state index contributed by atoms with van der Waals surface area (Å²) in [7, 11) is 2.14. The Bertz CT molecular complexity index is 532. The van der Waals surface area contributed by atoms with Gasteiger partial charge in [0.15, 0.2) is 0 Å². The van der Waals surface area contributed by atoms with Crippen LogP contribution in [0.15, 0.2) is 23.9 Å². The van der Waals surface area contributed by atoms with Gasteiger partial charge in [-0.05, 0) is 31.7 Å². The molecular weight excluding hydrogens is 252 g/mol. The molecule has 0 bridgehead atoms. The molecule has 0 atom stereocenters. The second-order valence-corrected chi connectivity index (χ2v) is 5.38. The number of carbonyl (C=O) groups excluding carboxylic acids is 1. The van der Waals surface area contributed by atoms with E-state index < -0.39 is 0 Å². The Morgan fingerprint density at radius 2 is 2.10 bits per heavy atom. The van der Waals surface area contributed by atoms with E-state index in [9.17, 15) is 4.79 Å². The van der Waals surface area contributed by atoms with Gasteiger partial charge in [0.1, 0.15) is 5.82 Å². The van der Waals surface area contributed by atoms with Crippen LogP contribution in [-0.4, -0.2) is 55.6 Å². The van der Waals surface area contributed by atoms with Gasteiger partial charge < -0.3 is 15.1 Å². The highest BCUT2D eigenvalue weighted by atomic mass is 16.1. The van der Waals surface area contributed by atoms with Crippen molar-refractivity contribution >= 4 is 17.8 Å². The minimum absolute atomic E-state index is 0.0539. The first-order valence-electron chi connectivity index (χ1n) is 7.11. The van der Waals surface area contributed by atoms with Crippen molar-refractivity contribution in [2.24, 2.45) is 0 Å². The maximum absolute atomic E-state index is 11.7. The molecular formula is C15H20N4O. The molecule has 0 radical (unpaired) electrons. The molecule has 1 aromatic heterocycles. The third-order valence-corrected chi connectivity index (χ3v) is 3.92. The number of hydrogen-bond donors (Lipinski definition) is 1. The van der Waals surface area contributed by atoms with Gasteiger partial charge in [0.05, 0.1) is 0 Å². The van der Waals surface area contributed by atoms with E-state index in [1.54, 1.807) is 0 Å². The Balaban J connectivity index is 1.86. The zero-order valence-corrected chi connectivity index (χ0v) is 11.8. The normalized spacial score (nSPS) is 22.4. The van der Waals surface area contributed by atoms with Crippen molar-refractivity contribution in [2.75, 3.05) is 44.7 Å². The van der Waals surface area contributed by atoms with Gasteiger partial charge in [-0.3, -0.25) is 4.79 Å². The minimum Gasteiger partial charge on any atom is -0.354 e. The number of anilines is 1. The average molecular weight is 272 g/mol. The molecule has 3 heterocycles. The Kier molecular flexibility index (Phi) is 3.69. The summed E-state index contributed by atoms with van der Waals surface area (Å²) in [5, 5.41) is 2.85. The average Bonchev–Trinajstić information content (AvgIpc) is 2.86. The van der Waals surface area contributed by atoms with E-state index in [0.717, 1.165) is 56.1 Å². The van der Waals surface area contributed by atoms with E-state index in [1.807, 2.05) is 24.4 Å². The van der Waals surface area contributed by atoms with Crippen LogP contribution in [0.1, 0.15) is 12.0 Å². The molecule has 0 aliphatic carbocycles. The van der Waals surface area contributed by atoms with Crippen molar-refractivity contribution in [3.05, 3.63) is 29.5 Å². The van der Waals surface area contributed by atoms with Gasteiger partial charge in [-0.2, -0.15) is 0 Å². The van der Waals surface area contributed by atoms with Crippen molar-refractivity contribution in [3.63, 3.8) is 0 Å². The molecule has 20 heavy (non-hydrogen) atoms. The topological polar surface area (TPSA) is 48.5 Å². The predicted molar refractivity (Wildman–Crippen MR) is 79.6 cm³/mol. The highest BCUT2D eigenvalue weighted by Crippen LogP contribution is 2.23. The summed E-state index contributed by atoms with van der Waals surface area (Å²) >= 11 is 0. The molecule has 2 saturated heterocycles. The van der Waals surface area contributed by atoms with Crippen molar-refractivity contribution in [3.8, 4) is 0 Å². The van der Waals surface area contributed by atoms with Crippen LogP contribution in [0.3, 0.4) is 0 Å². The Labute approximate surface area is 119 Å². The van der Waals surface area contributed by atoms with E-state index in [0.29, 0.717) is 0 Å². The number of amides is 1. The lowest BCUT2D eigenvalue weighted by Gasteiger charge is -2.34. The number of hydrogen-bond acceptors (Lipinski definition) is 4. The number of nitrogens with zero attached hydrogens (tertiary/aromatic N) is 3. The quantitative estimate of drug-likeness (QED) is 0.807. The van der Waals surface area contributed by atoms with E-state index in [2.05, 4.69) is 27.1 Å². The number of pyridine rings is 1. The Hall–Kier alpha value is -1.88. The molecule has 0 saturated carbocycles. The molecule has 106 valence electrons. The molecule has 1 aromatic rings. The van der Waals surface area contributed by atoms with E-state index >= 15 is 0 Å². The lowest BCUT2D eigenvalue weighted by atomic mass is 10.1. The molecule has 5 nitrogen and oxygen atoms in total. The first-order chi connectivity index (χ1) is 9.74. The zero-order chi connectivity index (χ0) is 13.9. The van der Waals surface area contributed by atoms with Crippen LogP contribution in [0.4, 0.5) is 5.82 Å². The van der Waals surface area contributed by atoms with E-state index in [4.69, 9.17) is 0 Å². The Morgan fingerprint density at radius 1 is 1.30 bits per heavy atom. The lowest BCUT2D eigenvalue weighted by Crippen LogP contribution is -2.45. The summed E-state index contributed by atoms with van der Waals surface area (Å²) in [6.45, 7) is 4.81. The van der Waals surface area contributed by atoms with Crippen molar-refractivity contribution in [1.29, 1.82) is 0 Å². The monoisotopic (exact) mass is 272 g/mol. The number of aromatic nitrogens is 1. The van der Waals surface area contributed by atoms with Gasteiger partial charge in [0, 0.05) is 50.1 Å². The fourth-order valence-corrected chi connectivity index (χ4v) is 2.67. The highest BCUT2D eigenvalue weighted by Gasteiger charge is 2.20. The minimum atomic E-state index is 0.0539. The van der Waals surface area contributed by atoms with Crippen LogP contribution < -0.4 is 10.2 Å². The fourth-order valence-electron chi connectivity index (χ4n) is 2.67. The molecule has 1 amide bonds. The maximum atomic E-state index is 11.7. The maximum Gasteiger partial charge on any atom is 0.247 e. The lowest BCUT2D eigenvalue weighted by molar-refractivity contribution is -0.116. The molecule has 2 aliphatic heterocycles. The number of likely N-dealkylation sites (N-methyl/N-ethyl adjacent to an activating group) is 1. The summed E-state index contributed by atoms with van der Waals surface area (Å²) in [5.41, 5.74) is 1.90. The third-order valence-electron chi connectivity index (χ3n) is 3.92. The molecule has 0 unspecified atom stereocenters. The van der Waals surface area contributed by atoms with Gasteiger partial charge in [-0.15, -0.1) is 0 Å². The molecule has 2 aliphatic rings. The summed E-state index contributed by atoms with van der Waals surface area (Å²) in [5.74, 6) is 1.05. The fraction of sp³-hybridized carbons (Fsp3) is 0.467.